The van der Waals surface area contributed by atoms with Gasteiger partial charge in [0.2, 0.25) is 0 Å². The highest BCUT2D eigenvalue weighted by Crippen LogP contribution is 2.61. The highest BCUT2D eigenvalue weighted by molar-refractivity contribution is 8.50. The van der Waals surface area contributed by atoms with Crippen LogP contribution in [0, 0.1) is 5.92 Å². The third-order valence-corrected chi connectivity index (χ3v) is 6.44. The normalized spacial score (nSPS) is 18.1. The molecule has 0 aliphatic heterocycles. The predicted octanol–water partition coefficient (Wildman–Crippen LogP) is 2.63. The van der Waals surface area contributed by atoms with Gasteiger partial charge < -0.3 is 0 Å². The molecular formula is C9H22BNOPS+. The quantitative estimate of drug-likeness (QED) is 0.402. The Kier molecular flexibility index (Phi) is 7.50. The van der Waals surface area contributed by atoms with Crippen molar-refractivity contribution in [3.8, 4) is 0 Å². The summed E-state index contributed by atoms with van der Waals surface area (Å²) in [5.74, 6) is 0.638. The Morgan fingerprint density at radius 3 is 2.36 bits per heavy atom. The van der Waals surface area contributed by atoms with E-state index in [4.69, 9.17) is 7.85 Å². The van der Waals surface area contributed by atoms with Crippen LogP contribution in [0.2, 0.25) is 6.32 Å². The van der Waals surface area contributed by atoms with Gasteiger partial charge in [-0.3, -0.25) is 0 Å². The second-order valence-corrected chi connectivity index (χ2v) is 8.46. The molecule has 2 unspecified atom stereocenters. The number of hydrogen-bond donors (Lipinski definition) is 2. The summed E-state index contributed by atoms with van der Waals surface area (Å²) in [4.78, 5) is 9.97. The van der Waals surface area contributed by atoms with Gasteiger partial charge in [0.1, 0.15) is 6.16 Å². The third-order valence-electron chi connectivity index (χ3n) is 2.63. The minimum atomic E-state index is -2.12. The molecule has 0 aliphatic rings. The van der Waals surface area contributed by atoms with Crippen molar-refractivity contribution in [3.05, 3.63) is 0 Å². The molecule has 2 nitrogen and oxygen atoms in total. The molecule has 2 atom stereocenters. The molecule has 0 aromatic carbocycles. The minimum absolute atomic E-state index is 0.638. The van der Waals surface area contributed by atoms with Crippen molar-refractivity contribution in [1.82, 2.24) is 4.67 Å². The summed E-state index contributed by atoms with van der Waals surface area (Å²) in [6.07, 6.45) is 4.75. The van der Waals surface area contributed by atoms with E-state index in [1.54, 1.807) is 0 Å². The highest BCUT2D eigenvalue weighted by Gasteiger charge is 2.34. The van der Waals surface area contributed by atoms with Gasteiger partial charge in [0.25, 0.3) is 6.84 Å². The minimum Gasteiger partial charge on any atom is -0.220 e. The average molecular weight is 234 g/mol. The van der Waals surface area contributed by atoms with Crippen LogP contribution in [0.5, 0.6) is 0 Å². The molecule has 5 heteroatoms. The number of rotatable bonds is 7. The summed E-state index contributed by atoms with van der Waals surface area (Å²) >= 11 is 4.32. The smallest absolute Gasteiger partial charge is 0.220 e. The fourth-order valence-corrected chi connectivity index (χ4v) is 2.80. The van der Waals surface area contributed by atoms with Crippen molar-refractivity contribution in [2.75, 3.05) is 20.3 Å². The summed E-state index contributed by atoms with van der Waals surface area (Å²) in [6, 6.07) is 0. The molecule has 2 radical (unpaired) electrons. The van der Waals surface area contributed by atoms with E-state index in [9.17, 15) is 4.89 Å². The van der Waals surface area contributed by atoms with Crippen LogP contribution in [0.15, 0.2) is 0 Å². The zero-order valence-electron chi connectivity index (χ0n) is 9.48. The van der Waals surface area contributed by atoms with Gasteiger partial charge in [-0.25, -0.2) is 4.89 Å². The summed E-state index contributed by atoms with van der Waals surface area (Å²) < 4.78 is 1.84. The Labute approximate surface area is 95.5 Å². The standard InChI is InChI=1S/C9H22BNOPS/c1-4-9(5-7-10)6-8-13(12,14)11(2)3/h9,12,14H,4-8H2,1-3H3/q+1. The van der Waals surface area contributed by atoms with E-state index in [0.29, 0.717) is 5.92 Å². The number of hydrogen-bond acceptors (Lipinski definition) is 3. The van der Waals surface area contributed by atoms with Crippen molar-refractivity contribution in [1.29, 1.82) is 0 Å². The Morgan fingerprint density at radius 1 is 1.43 bits per heavy atom. The summed E-state index contributed by atoms with van der Waals surface area (Å²) in [7, 11) is 9.28. The lowest BCUT2D eigenvalue weighted by atomic mass is 9.90. The van der Waals surface area contributed by atoms with Crippen LogP contribution in [0.1, 0.15) is 26.2 Å². The molecule has 0 aromatic rings. The molecular weight excluding hydrogens is 212 g/mol. The number of nitrogens with zero attached hydrogens (tertiary/aromatic N) is 1. The average Bonchev–Trinajstić information content (AvgIpc) is 2.12. The zero-order valence-corrected chi connectivity index (χ0v) is 11.3. The molecule has 14 heavy (non-hydrogen) atoms. The largest absolute Gasteiger partial charge is 0.268 e. The molecule has 1 N–H and O–H groups in total. The summed E-state index contributed by atoms with van der Waals surface area (Å²) in [6.45, 7) is 0.0544. The maximum atomic E-state index is 9.97. The zero-order chi connectivity index (χ0) is 11.2. The van der Waals surface area contributed by atoms with Crippen LogP contribution < -0.4 is 0 Å². The monoisotopic (exact) mass is 234 g/mol. The van der Waals surface area contributed by atoms with E-state index < -0.39 is 6.84 Å². The lowest BCUT2D eigenvalue weighted by Gasteiger charge is -2.21. The second-order valence-electron chi connectivity index (χ2n) is 3.90. The SMILES string of the molecule is [B]CCC(CC)CC[P+](O)(S)N(C)C. The first-order valence-corrected chi connectivity index (χ1v) is 8.18. The molecule has 0 fully saturated rings. The fraction of sp³-hybridized carbons (Fsp3) is 1.00. The first-order chi connectivity index (χ1) is 6.44. The highest BCUT2D eigenvalue weighted by atomic mass is 32.7. The van der Waals surface area contributed by atoms with E-state index >= 15 is 0 Å². The molecule has 0 spiro atoms. The summed E-state index contributed by atoms with van der Waals surface area (Å²) in [5.41, 5.74) is 0. The molecule has 0 rings (SSSR count). The van der Waals surface area contributed by atoms with Crippen molar-refractivity contribution < 1.29 is 4.89 Å². The van der Waals surface area contributed by atoms with Crippen molar-refractivity contribution in [2.24, 2.45) is 5.92 Å². The molecule has 0 bridgehead atoms. The van der Waals surface area contributed by atoms with Crippen LogP contribution in [-0.4, -0.2) is 37.7 Å². The van der Waals surface area contributed by atoms with Crippen molar-refractivity contribution in [2.45, 2.75) is 32.5 Å². The Bertz CT molecular complexity index is 158. The maximum absolute atomic E-state index is 9.97. The van der Waals surface area contributed by atoms with Crippen LogP contribution in [0.4, 0.5) is 0 Å². The van der Waals surface area contributed by atoms with Crippen molar-refractivity contribution in [3.63, 3.8) is 0 Å². The first-order valence-electron chi connectivity index (χ1n) is 5.15. The van der Waals surface area contributed by atoms with Gasteiger partial charge in [0.05, 0.1) is 20.1 Å². The second kappa shape index (κ2) is 7.11. The maximum Gasteiger partial charge on any atom is 0.268 e. The summed E-state index contributed by atoms with van der Waals surface area (Å²) in [5, 5.41) is 0. The van der Waals surface area contributed by atoms with E-state index in [2.05, 4.69) is 19.2 Å². The van der Waals surface area contributed by atoms with E-state index in [-0.39, 0.29) is 0 Å². The molecule has 0 saturated heterocycles. The molecule has 0 heterocycles. The van der Waals surface area contributed by atoms with E-state index in [1.165, 1.54) is 0 Å². The Balaban J connectivity index is 3.89. The lowest BCUT2D eigenvalue weighted by molar-refractivity contribution is 0.459. The first kappa shape index (κ1) is 14.8. The fourth-order valence-electron chi connectivity index (χ4n) is 1.34. The van der Waals surface area contributed by atoms with E-state index in [0.717, 1.165) is 31.7 Å². The van der Waals surface area contributed by atoms with Crippen molar-refractivity contribution >= 4 is 26.9 Å². The van der Waals surface area contributed by atoms with Crippen LogP contribution >= 0.6 is 19.1 Å². The van der Waals surface area contributed by atoms with Gasteiger partial charge >= 0.3 is 0 Å². The Morgan fingerprint density at radius 2 is 2.00 bits per heavy atom. The van der Waals surface area contributed by atoms with E-state index in [1.807, 2.05) is 18.8 Å². The van der Waals surface area contributed by atoms with Gasteiger partial charge in [0, 0.05) is 14.1 Å². The molecule has 82 valence electrons. The van der Waals surface area contributed by atoms with Gasteiger partial charge in [-0.1, -0.05) is 26.1 Å². The van der Waals surface area contributed by atoms with Crippen LogP contribution in [0.3, 0.4) is 0 Å². The van der Waals surface area contributed by atoms with Gasteiger partial charge in [-0.15, -0.1) is 0 Å². The number of thiol groups is 1. The molecule has 0 amide bonds. The Hall–Kier alpha value is 0.765. The van der Waals surface area contributed by atoms with Crippen LogP contribution in [0.25, 0.3) is 0 Å². The molecule has 0 aromatic heterocycles. The predicted molar refractivity (Wildman–Crippen MR) is 70.3 cm³/mol. The molecule has 0 saturated carbocycles. The van der Waals surface area contributed by atoms with Gasteiger partial charge in [-0.05, 0) is 12.3 Å². The van der Waals surface area contributed by atoms with Crippen LogP contribution in [-0.2, 0) is 0 Å². The van der Waals surface area contributed by atoms with Gasteiger partial charge in [-0.2, -0.15) is 4.67 Å². The third kappa shape index (κ3) is 5.60. The molecule has 0 aliphatic carbocycles. The lowest BCUT2D eigenvalue weighted by Crippen LogP contribution is -2.14. The van der Waals surface area contributed by atoms with Gasteiger partial charge in [0.15, 0.2) is 0 Å². The topological polar surface area (TPSA) is 23.5 Å².